The molecule has 2 heterocycles. The average molecular weight is 258 g/mol. The van der Waals surface area contributed by atoms with Crippen LogP contribution in [0.15, 0.2) is 41.6 Å². The lowest BCUT2D eigenvalue weighted by Gasteiger charge is -2.07. The molecule has 1 aromatic heterocycles. The number of fused-ring (bicyclic) bond motifs is 1. The van der Waals surface area contributed by atoms with Gasteiger partial charge >= 0.3 is 0 Å². The molecule has 0 bridgehead atoms. The van der Waals surface area contributed by atoms with Gasteiger partial charge in [0, 0.05) is 16.3 Å². The molecule has 0 saturated heterocycles. The Morgan fingerprint density at radius 1 is 1.50 bits per heavy atom. The largest absolute Gasteiger partial charge is 0.294 e. The molecule has 0 radical (unpaired) electrons. The van der Waals surface area contributed by atoms with Crippen molar-refractivity contribution in [2.75, 3.05) is 0 Å². The van der Waals surface area contributed by atoms with E-state index in [0.29, 0.717) is 10.8 Å². The molecule has 1 unspecified atom stereocenters. The highest BCUT2D eigenvalue weighted by atomic mass is 32.2. The van der Waals surface area contributed by atoms with Crippen LogP contribution in [-0.2, 0) is 13.0 Å². The standard InChI is InChI=1S/C14H14N2OS/c1-10(17)12-7-15-16(8-12)9-13-6-11-4-2-3-5-14(11)18-13/h2-5,7-8,13H,6,9H2,1H3. The van der Waals surface area contributed by atoms with E-state index >= 15 is 0 Å². The highest BCUT2D eigenvalue weighted by Crippen LogP contribution is 2.37. The summed E-state index contributed by atoms with van der Waals surface area (Å²) in [4.78, 5) is 12.6. The Morgan fingerprint density at radius 2 is 2.33 bits per heavy atom. The van der Waals surface area contributed by atoms with Crippen molar-refractivity contribution in [1.29, 1.82) is 0 Å². The highest BCUT2D eigenvalue weighted by Gasteiger charge is 2.22. The zero-order chi connectivity index (χ0) is 12.5. The number of benzene rings is 1. The van der Waals surface area contributed by atoms with Gasteiger partial charge in [-0.05, 0) is 25.0 Å². The Morgan fingerprint density at radius 3 is 3.06 bits per heavy atom. The summed E-state index contributed by atoms with van der Waals surface area (Å²) in [5, 5.41) is 4.76. The van der Waals surface area contributed by atoms with Crippen LogP contribution in [0.5, 0.6) is 0 Å². The van der Waals surface area contributed by atoms with Crippen LogP contribution in [0.3, 0.4) is 0 Å². The van der Waals surface area contributed by atoms with E-state index in [1.807, 2.05) is 22.6 Å². The zero-order valence-corrected chi connectivity index (χ0v) is 11.0. The number of Topliss-reactive ketones (excluding diaryl/α,β-unsaturated/α-hetero) is 1. The molecular formula is C14H14N2OS. The Kier molecular flexibility index (Phi) is 2.96. The number of thioether (sulfide) groups is 1. The van der Waals surface area contributed by atoms with E-state index in [9.17, 15) is 4.79 Å². The summed E-state index contributed by atoms with van der Waals surface area (Å²) in [7, 11) is 0. The number of nitrogens with zero attached hydrogens (tertiary/aromatic N) is 2. The Balaban J connectivity index is 1.70. The fourth-order valence-corrected chi connectivity index (χ4v) is 3.52. The van der Waals surface area contributed by atoms with Gasteiger partial charge in [0.05, 0.1) is 18.3 Å². The minimum absolute atomic E-state index is 0.0728. The summed E-state index contributed by atoms with van der Waals surface area (Å²) >= 11 is 1.90. The van der Waals surface area contributed by atoms with Crippen molar-refractivity contribution in [3.05, 3.63) is 47.8 Å². The molecule has 0 amide bonds. The van der Waals surface area contributed by atoms with Gasteiger partial charge in [-0.15, -0.1) is 11.8 Å². The van der Waals surface area contributed by atoms with Crippen molar-refractivity contribution >= 4 is 17.5 Å². The van der Waals surface area contributed by atoms with E-state index in [1.54, 1.807) is 13.1 Å². The van der Waals surface area contributed by atoms with Crippen molar-refractivity contribution in [3.63, 3.8) is 0 Å². The fraction of sp³-hybridized carbons (Fsp3) is 0.286. The predicted octanol–water partition coefficient (Wildman–Crippen LogP) is 2.80. The van der Waals surface area contributed by atoms with Crippen LogP contribution in [-0.4, -0.2) is 20.8 Å². The maximum absolute atomic E-state index is 11.2. The molecule has 92 valence electrons. The van der Waals surface area contributed by atoms with E-state index in [-0.39, 0.29) is 5.78 Å². The second-order valence-corrected chi connectivity index (χ2v) is 5.90. The minimum Gasteiger partial charge on any atom is -0.294 e. The van der Waals surface area contributed by atoms with Gasteiger partial charge in [0.15, 0.2) is 5.78 Å². The van der Waals surface area contributed by atoms with Gasteiger partial charge in [0.2, 0.25) is 0 Å². The molecule has 0 N–H and O–H groups in total. The molecule has 1 aliphatic heterocycles. The highest BCUT2D eigenvalue weighted by molar-refractivity contribution is 8.00. The van der Waals surface area contributed by atoms with Crippen molar-refractivity contribution in [1.82, 2.24) is 9.78 Å². The third kappa shape index (κ3) is 2.20. The molecule has 0 aliphatic carbocycles. The van der Waals surface area contributed by atoms with Crippen molar-refractivity contribution < 1.29 is 4.79 Å². The SMILES string of the molecule is CC(=O)c1cnn(CC2Cc3ccccc3S2)c1. The maximum Gasteiger partial charge on any atom is 0.162 e. The predicted molar refractivity (Wildman–Crippen MR) is 72.0 cm³/mol. The van der Waals surface area contributed by atoms with E-state index in [2.05, 4.69) is 29.4 Å². The normalized spacial score (nSPS) is 17.7. The molecule has 0 spiro atoms. The van der Waals surface area contributed by atoms with Crippen LogP contribution in [0.1, 0.15) is 22.8 Å². The van der Waals surface area contributed by atoms with E-state index in [1.165, 1.54) is 10.5 Å². The zero-order valence-electron chi connectivity index (χ0n) is 10.2. The second-order valence-electron chi connectivity index (χ2n) is 4.56. The number of rotatable bonds is 3. The first-order valence-corrected chi connectivity index (χ1v) is 6.88. The van der Waals surface area contributed by atoms with Gasteiger partial charge in [0.25, 0.3) is 0 Å². The summed E-state index contributed by atoms with van der Waals surface area (Å²) in [6.07, 6.45) is 4.57. The monoisotopic (exact) mass is 258 g/mol. The molecular weight excluding hydrogens is 244 g/mol. The molecule has 1 atom stereocenters. The molecule has 1 aromatic carbocycles. The number of hydrogen-bond acceptors (Lipinski definition) is 3. The number of carbonyl (C=O) groups is 1. The Bertz CT molecular complexity index is 566. The summed E-state index contributed by atoms with van der Waals surface area (Å²) in [5.41, 5.74) is 2.11. The topological polar surface area (TPSA) is 34.9 Å². The summed E-state index contributed by atoms with van der Waals surface area (Å²) in [5.74, 6) is 0.0728. The van der Waals surface area contributed by atoms with Gasteiger partial charge < -0.3 is 0 Å². The number of hydrogen-bond donors (Lipinski definition) is 0. The van der Waals surface area contributed by atoms with Crippen LogP contribution in [0.2, 0.25) is 0 Å². The number of aromatic nitrogens is 2. The van der Waals surface area contributed by atoms with Crippen LogP contribution < -0.4 is 0 Å². The first-order valence-electron chi connectivity index (χ1n) is 6.00. The van der Waals surface area contributed by atoms with Gasteiger partial charge in [-0.1, -0.05) is 18.2 Å². The Hall–Kier alpha value is -1.55. The average Bonchev–Trinajstić information content (AvgIpc) is 2.94. The fourth-order valence-electron chi connectivity index (χ4n) is 2.21. The summed E-state index contributed by atoms with van der Waals surface area (Å²) in [6.45, 7) is 2.42. The van der Waals surface area contributed by atoms with Crippen molar-refractivity contribution in [2.45, 2.75) is 30.0 Å². The quantitative estimate of drug-likeness (QED) is 0.794. The van der Waals surface area contributed by atoms with Crippen LogP contribution in [0, 0.1) is 0 Å². The third-order valence-electron chi connectivity index (χ3n) is 3.14. The lowest BCUT2D eigenvalue weighted by molar-refractivity contribution is 0.101. The van der Waals surface area contributed by atoms with Gasteiger partial charge in [-0.2, -0.15) is 5.10 Å². The lowest BCUT2D eigenvalue weighted by Crippen LogP contribution is -2.12. The maximum atomic E-state index is 11.2. The second kappa shape index (κ2) is 4.61. The molecule has 18 heavy (non-hydrogen) atoms. The first-order chi connectivity index (χ1) is 8.72. The molecule has 2 aromatic rings. The smallest absolute Gasteiger partial charge is 0.162 e. The summed E-state index contributed by atoms with van der Waals surface area (Å²) < 4.78 is 1.88. The lowest BCUT2D eigenvalue weighted by atomic mass is 10.1. The molecule has 3 rings (SSSR count). The molecule has 0 fully saturated rings. The first kappa shape index (κ1) is 11.5. The van der Waals surface area contributed by atoms with Gasteiger partial charge in [-0.3, -0.25) is 9.48 Å². The third-order valence-corrected chi connectivity index (χ3v) is 4.45. The van der Waals surface area contributed by atoms with Crippen LogP contribution in [0.4, 0.5) is 0 Å². The van der Waals surface area contributed by atoms with Gasteiger partial charge in [-0.25, -0.2) is 0 Å². The van der Waals surface area contributed by atoms with Crippen molar-refractivity contribution in [2.24, 2.45) is 0 Å². The summed E-state index contributed by atoms with van der Waals surface area (Å²) in [6, 6.07) is 8.52. The molecule has 3 nitrogen and oxygen atoms in total. The molecule has 0 saturated carbocycles. The minimum atomic E-state index is 0.0728. The van der Waals surface area contributed by atoms with Gasteiger partial charge in [0.1, 0.15) is 0 Å². The van der Waals surface area contributed by atoms with E-state index in [4.69, 9.17) is 0 Å². The number of ketones is 1. The number of carbonyl (C=O) groups excluding carboxylic acids is 1. The van der Waals surface area contributed by atoms with Crippen LogP contribution >= 0.6 is 11.8 Å². The van der Waals surface area contributed by atoms with E-state index < -0.39 is 0 Å². The van der Waals surface area contributed by atoms with E-state index in [0.717, 1.165) is 13.0 Å². The van der Waals surface area contributed by atoms with Crippen molar-refractivity contribution in [3.8, 4) is 0 Å². The molecule has 1 aliphatic rings. The Labute approximate surface area is 110 Å². The van der Waals surface area contributed by atoms with Crippen LogP contribution in [0.25, 0.3) is 0 Å². The molecule has 4 heteroatoms.